The Kier molecular flexibility index (Phi) is 11.4. The first-order valence-corrected chi connectivity index (χ1v) is 27.1. The van der Waals surface area contributed by atoms with Crippen LogP contribution in [0.25, 0.3) is 43.6 Å². The highest BCUT2D eigenvalue weighted by molar-refractivity contribution is 6.76. The second-order valence-electron chi connectivity index (χ2n) is 19.3. The molecule has 0 spiro atoms. The zero-order valence-corrected chi connectivity index (χ0v) is 39.7. The van der Waals surface area contributed by atoms with Crippen LogP contribution in [0.4, 0.5) is 4.79 Å². The summed E-state index contributed by atoms with van der Waals surface area (Å²) in [5, 5.41) is 3.05. The SMILES string of the molecule is COc1ccc(COC[C@H]2O[C@H](n3c4ccccc4c4c5c(c6c7ccccc7n(COCC[Si](C)(C)C)c6c43)C(=O)N(Cc3ccccc3)C5=O)C[C@H]3[C@@H]2OC(=O)N3Cc2ccccc2)cc1. The highest BCUT2D eigenvalue weighted by Crippen LogP contribution is 2.49. The standard InChI is InChI=1S/C55H54N4O8Si/c1-63-38-25-23-37(24-26-38)32-65-33-44-52-43(56(55(62)67-52)30-35-15-7-5-8-16-35)29-45(66-44)59-42-22-14-12-20-40(42)47-49-48(53(60)57(54(49)61)31-36-17-9-6-10-18-36)46-39-19-11-13-21-41(39)58(50(46)51(47)59)34-64-27-28-68(2,3)4/h5-26,43-45,52H,27-34H2,1-4H3/t43-,44+,45-,52-/m0/s1. The van der Waals surface area contributed by atoms with E-state index in [1.165, 1.54) is 4.90 Å². The van der Waals surface area contributed by atoms with Crippen molar-refractivity contribution in [2.45, 2.75) is 83.0 Å². The predicted octanol–water partition coefficient (Wildman–Crippen LogP) is 10.9. The number of fused-ring (bicyclic) bond motifs is 11. The Morgan fingerprint density at radius 1 is 0.662 bits per heavy atom. The van der Waals surface area contributed by atoms with Gasteiger partial charge in [0.1, 0.15) is 24.8 Å². The number of aromatic nitrogens is 2. The maximum absolute atomic E-state index is 15.2. The average molecular weight is 927 g/mol. The predicted molar refractivity (Wildman–Crippen MR) is 264 cm³/mol. The summed E-state index contributed by atoms with van der Waals surface area (Å²) in [6.07, 6.45) is -1.98. The minimum atomic E-state index is -1.44. The lowest BCUT2D eigenvalue weighted by Crippen LogP contribution is -2.50. The van der Waals surface area contributed by atoms with Gasteiger partial charge in [0.2, 0.25) is 0 Å². The highest BCUT2D eigenvalue weighted by atomic mass is 28.3. The van der Waals surface area contributed by atoms with Gasteiger partial charge in [-0.15, -0.1) is 0 Å². The van der Waals surface area contributed by atoms with Crippen LogP contribution in [0.3, 0.4) is 0 Å². The quantitative estimate of drug-likeness (QED) is 0.0567. The van der Waals surface area contributed by atoms with Gasteiger partial charge in [0.05, 0.1) is 66.1 Å². The zero-order chi connectivity index (χ0) is 46.7. The molecule has 6 aromatic carbocycles. The molecule has 8 aromatic rings. The smallest absolute Gasteiger partial charge is 0.410 e. The molecule has 3 aliphatic heterocycles. The van der Waals surface area contributed by atoms with Gasteiger partial charge < -0.3 is 32.8 Å². The van der Waals surface area contributed by atoms with E-state index in [0.29, 0.717) is 48.1 Å². The van der Waals surface area contributed by atoms with Crippen molar-refractivity contribution in [3.8, 4) is 5.75 Å². The van der Waals surface area contributed by atoms with Gasteiger partial charge in [-0.25, -0.2) is 4.79 Å². The maximum atomic E-state index is 15.2. The molecule has 0 radical (unpaired) electrons. The Balaban J connectivity index is 1.11. The summed E-state index contributed by atoms with van der Waals surface area (Å²) >= 11 is 0. The molecule has 2 aromatic heterocycles. The van der Waals surface area contributed by atoms with Gasteiger partial charge >= 0.3 is 6.09 Å². The summed E-state index contributed by atoms with van der Waals surface area (Å²) in [7, 11) is 0.201. The van der Waals surface area contributed by atoms with E-state index >= 15 is 9.59 Å². The van der Waals surface area contributed by atoms with Gasteiger partial charge in [-0.05, 0) is 47.0 Å². The highest BCUT2D eigenvalue weighted by Gasteiger charge is 2.52. The number of hydrogen-bond donors (Lipinski definition) is 0. The number of nitrogens with zero attached hydrogens (tertiary/aromatic N) is 4. The van der Waals surface area contributed by atoms with Crippen molar-refractivity contribution in [2.75, 3.05) is 20.3 Å². The number of hydrogen-bond acceptors (Lipinski definition) is 8. The van der Waals surface area contributed by atoms with Gasteiger partial charge in [0, 0.05) is 49.2 Å². The third-order valence-electron chi connectivity index (χ3n) is 13.8. The van der Waals surface area contributed by atoms with Crippen molar-refractivity contribution < 1.29 is 38.1 Å². The van der Waals surface area contributed by atoms with E-state index in [-0.39, 0.29) is 31.7 Å². The molecule has 13 heteroatoms. The molecule has 3 aliphatic rings. The van der Waals surface area contributed by atoms with Gasteiger partial charge in [-0.1, -0.05) is 129 Å². The topological polar surface area (TPSA) is 114 Å². The lowest BCUT2D eigenvalue weighted by molar-refractivity contribution is -0.167. The van der Waals surface area contributed by atoms with Crippen molar-refractivity contribution in [3.05, 3.63) is 161 Å². The Morgan fingerprint density at radius 3 is 1.93 bits per heavy atom. The molecule has 3 amide bonds. The fourth-order valence-electron chi connectivity index (χ4n) is 10.4. The minimum absolute atomic E-state index is 0.131. The number of amides is 3. The number of carbonyl (C=O) groups is 3. The first-order valence-electron chi connectivity index (χ1n) is 23.4. The Morgan fingerprint density at radius 2 is 1.26 bits per heavy atom. The molecule has 68 heavy (non-hydrogen) atoms. The van der Waals surface area contributed by atoms with Gasteiger partial charge in [0.15, 0.2) is 6.10 Å². The number of ether oxygens (including phenoxy) is 5. The number of benzene rings is 6. The molecular formula is C55H54N4O8Si. The fourth-order valence-corrected chi connectivity index (χ4v) is 11.2. The summed E-state index contributed by atoms with van der Waals surface area (Å²) in [5.74, 6) is 0.0822. The monoisotopic (exact) mass is 926 g/mol. The van der Waals surface area contributed by atoms with E-state index in [9.17, 15) is 4.79 Å². The Hall–Kier alpha value is -6.77. The van der Waals surface area contributed by atoms with Crippen LogP contribution in [0.2, 0.25) is 25.7 Å². The molecule has 12 nitrogen and oxygen atoms in total. The molecule has 2 fully saturated rings. The number of carbonyl (C=O) groups excluding carboxylic acids is 3. The van der Waals surface area contributed by atoms with E-state index in [4.69, 9.17) is 23.7 Å². The third kappa shape index (κ3) is 7.72. The normalized spacial score (nSPS) is 19.4. The Bertz CT molecular complexity index is 3220. The second kappa shape index (κ2) is 17.7. The van der Waals surface area contributed by atoms with Gasteiger partial charge in [0.25, 0.3) is 11.8 Å². The first-order chi connectivity index (χ1) is 33.1. The Labute approximate surface area is 395 Å². The van der Waals surface area contributed by atoms with E-state index in [1.54, 1.807) is 7.11 Å². The summed E-state index contributed by atoms with van der Waals surface area (Å²) < 4.78 is 36.3. The molecule has 0 unspecified atom stereocenters. The third-order valence-corrected chi connectivity index (χ3v) is 15.5. The van der Waals surface area contributed by atoms with Gasteiger partial charge in [-0.2, -0.15) is 0 Å². The van der Waals surface area contributed by atoms with Crippen LogP contribution in [0, 0.1) is 0 Å². The lowest BCUT2D eigenvalue weighted by Gasteiger charge is -2.39. The zero-order valence-electron chi connectivity index (χ0n) is 38.7. The molecule has 4 atom stereocenters. The van der Waals surface area contributed by atoms with Crippen LogP contribution >= 0.6 is 0 Å². The number of para-hydroxylation sites is 2. The van der Waals surface area contributed by atoms with E-state index < -0.39 is 38.6 Å². The molecular weight excluding hydrogens is 873 g/mol. The number of methoxy groups -OCH3 is 1. The van der Waals surface area contributed by atoms with Crippen LogP contribution < -0.4 is 4.74 Å². The summed E-state index contributed by atoms with van der Waals surface area (Å²) in [4.78, 5) is 47.6. The lowest BCUT2D eigenvalue weighted by atomic mass is 9.96. The van der Waals surface area contributed by atoms with E-state index in [0.717, 1.165) is 61.3 Å². The second-order valence-corrected chi connectivity index (χ2v) is 24.9. The maximum Gasteiger partial charge on any atom is 0.410 e. The molecule has 11 rings (SSSR count). The number of imide groups is 1. The van der Waals surface area contributed by atoms with Crippen LogP contribution in [0.5, 0.6) is 5.75 Å². The summed E-state index contributed by atoms with van der Waals surface area (Å²) in [5.41, 5.74) is 6.83. The van der Waals surface area contributed by atoms with Crippen LogP contribution in [0.1, 0.15) is 50.1 Å². The first kappa shape index (κ1) is 43.8. The summed E-state index contributed by atoms with van der Waals surface area (Å²) in [6.45, 7) is 8.76. The van der Waals surface area contributed by atoms with Crippen LogP contribution in [0.15, 0.2) is 133 Å². The largest absolute Gasteiger partial charge is 0.497 e. The van der Waals surface area contributed by atoms with E-state index in [1.807, 2.05) is 126 Å². The molecule has 0 N–H and O–H groups in total. The van der Waals surface area contributed by atoms with Crippen molar-refractivity contribution in [1.82, 2.24) is 18.9 Å². The molecule has 0 aliphatic carbocycles. The van der Waals surface area contributed by atoms with Gasteiger partial charge in [-0.3, -0.25) is 19.4 Å². The van der Waals surface area contributed by atoms with E-state index in [2.05, 4.69) is 40.9 Å². The molecule has 2 saturated heterocycles. The fraction of sp³-hybridized carbons (Fsp3) is 0.291. The average Bonchev–Trinajstić information content (AvgIpc) is 4.04. The molecule has 0 bridgehead atoms. The van der Waals surface area contributed by atoms with Crippen molar-refractivity contribution >= 4 is 69.6 Å². The van der Waals surface area contributed by atoms with Crippen molar-refractivity contribution in [2.24, 2.45) is 0 Å². The molecule has 5 heterocycles. The van der Waals surface area contributed by atoms with Crippen LogP contribution in [-0.2, 0) is 45.4 Å². The number of rotatable bonds is 15. The summed E-state index contributed by atoms with van der Waals surface area (Å²) in [6, 6.07) is 44.0. The molecule has 0 saturated carbocycles. The molecule has 346 valence electrons. The van der Waals surface area contributed by atoms with Crippen molar-refractivity contribution in [3.63, 3.8) is 0 Å². The van der Waals surface area contributed by atoms with Crippen molar-refractivity contribution in [1.29, 1.82) is 0 Å². The van der Waals surface area contributed by atoms with Crippen LogP contribution in [-0.4, -0.2) is 83.5 Å². The minimum Gasteiger partial charge on any atom is -0.497 e.